The second-order valence-corrected chi connectivity index (χ2v) is 28.5. The van der Waals surface area contributed by atoms with Gasteiger partial charge in [0.2, 0.25) is 0 Å². The molecule has 14 bridgehead atoms. The number of fused-ring (bicyclic) bond motifs is 5. The highest BCUT2D eigenvalue weighted by Gasteiger charge is 2.69. The molecule has 87 heavy (non-hydrogen) atoms. The lowest BCUT2D eigenvalue weighted by Gasteiger charge is -2.56. The van der Waals surface area contributed by atoms with Gasteiger partial charge >= 0.3 is 11.9 Å². The smallest absolute Gasteiger partial charge is 0.340 e. The van der Waals surface area contributed by atoms with Gasteiger partial charge in [-0.05, 0) is 257 Å². The molecule has 0 amide bonds. The molecule has 0 unspecified atom stereocenters. The van der Waals surface area contributed by atoms with E-state index in [9.17, 15) is 10.2 Å². The topological polar surface area (TPSA) is 153 Å². The molecule has 7 N–H and O–H groups in total. The molecule has 11 aliphatic rings. The fraction of sp³-hybridized carbons (Fsp3) is 0.553. The number of hydrogen-bond acceptors (Lipinski definition) is 11. The number of aliphatic hydroxyl groups excluding tert-OH is 1. The van der Waals surface area contributed by atoms with Gasteiger partial charge < -0.3 is 46.3 Å². The van der Waals surface area contributed by atoms with Crippen LogP contribution in [0.2, 0.25) is 0 Å². The summed E-state index contributed by atoms with van der Waals surface area (Å²) in [5.41, 5.74) is 11.7. The van der Waals surface area contributed by atoms with Crippen molar-refractivity contribution >= 4 is 17.5 Å². The van der Waals surface area contributed by atoms with E-state index in [4.69, 9.17) is 9.47 Å². The zero-order chi connectivity index (χ0) is 59.8. The molecule has 5 aliphatic heterocycles. The maximum absolute atomic E-state index is 15.4. The Hall–Kier alpha value is -5.66. The van der Waals surface area contributed by atoms with Gasteiger partial charge in [-0.25, -0.2) is 9.59 Å². The number of phenolic OH excluding ortho intramolecular Hbond substituents is 1. The summed E-state index contributed by atoms with van der Waals surface area (Å²) in [6.07, 6.45) is 23.5. The second kappa shape index (κ2) is 26.0. The first-order chi connectivity index (χ1) is 42.4. The summed E-state index contributed by atoms with van der Waals surface area (Å²) in [7, 11) is 0. The van der Waals surface area contributed by atoms with Gasteiger partial charge in [-0.2, -0.15) is 0 Å². The Balaban J connectivity index is 0.949. The zero-order valence-corrected chi connectivity index (χ0v) is 52.4. The molecule has 462 valence electrons. The van der Waals surface area contributed by atoms with Crippen molar-refractivity contribution in [2.75, 3.05) is 26.2 Å². The average molecular weight is 1180 g/mol. The molecule has 11 nitrogen and oxygen atoms in total. The number of aliphatic hydroxyl groups is 1. The molecule has 1 spiro atoms. The van der Waals surface area contributed by atoms with E-state index in [2.05, 4.69) is 132 Å². The third kappa shape index (κ3) is 12.3. The van der Waals surface area contributed by atoms with Gasteiger partial charge in [-0.1, -0.05) is 106 Å². The lowest BCUT2D eigenvalue weighted by atomic mass is 9.44. The van der Waals surface area contributed by atoms with Crippen molar-refractivity contribution in [3.05, 3.63) is 165 Å². The Morgan fingerprint density at radius 1 is 0.793 bits per heavy atom. The number of aromatic hydroxyl groups is 1. The largest absolute Gasteiger partial charge is 0.508 e. The van der Waals surface area contributed by atoms with E-state index in [0.29, 0.717) is 54.6 Å². The molecule has 5 heterocycles. The van der Waals surface area contributed by atoms with E-state index in [1.807, 2.05) is 19.1 Å². The first kappa shape index (κ1) is 60.3. The van der Waals surface area contributed by atoms with E-state index in [1.165, 1.54) is 54.4 Å². The van der Waals surface area contributed by atoms with Crippen LogP contribution >= 0.6 is 0 Å². The fourth-order valence-electron chi connectivity index (χ4n) is 18.4. The molecular weight excluding hydrogens is 1080 g/mol. The van der Waals surface area contributed by atoms with Crippen molar-refractivity contribution in [2.45, 2.75) is 187 Å². The van der Waals surface area contributed by atoms with Gasteiger partial charge in [0.15, 0.2) is 0 Å². The van der Waals surface area contributed by atoms with Crippen molar-refractivity contribution in [3.63, 3.8) is 0 Å². The molecule has 4 aromatic carbocycles. The molecule has 0 radical (unpaired) electrons. The number of hydrogen-bond donors (Lipinski definition) is 7. The maximum Gasteiger partial charge on any atom is 0.340 e. The van der Waals surface area contributed by atoms with E-state index in [-0.39, 0.29) is 59.0 Å². The summed E-state index contributed by atoms with van der Waals surface area (Å²) in [6, 6.07) is 33.0. The minimum absolute atomic E-state index is 0.0417. The number of benzene rings is 4. The van der Waals surface area contributed by atoms with Gasteiger partial charge in [-0.3, -0.25) is 0 Å². The number of carbonyl (C=O) groups is 2. The Labute approximate surface area is 518 Å². The highest BCUT2D eigenvalue weighted by molar-refractivity contribution is 6.07. The highest BCUT2D eigenvalue weighted by atomic mass is 16.6. The first-order valence-electron chi connectivity index (χ1n) is 34.1. The number of piperidine rings is 1. The maximum atomic E-state index is 15.4. The summed E-state index contributed by atoms with van der Waals surface area (Å²) in [4.78, 5) is 30.8. The van der Waals surface area contributed by atoms with Crippen LogP contribution in [0.1, 0.15) is 176 Å². The number of ether oxygens (including phenoxy) is 2. The summed E-state index contributed by atoms with van der Waals surface area (Å²) < 4.78 is 13.6. The Morgan fingerprint density at radius 3 is 2.48 bits per heavy atom. The van der Waals surface area contributed by atoms with Crippen molar-refractivity contribution in [1.29, 1.82) is 0 Å². The average Bonchev–Trinajstić information content (AvgIpc) is 1.62. The van der Waals surface area contributed by atoms with E-state index >= 15 is 9.59 Å². The number of cyclic esters (lactones) is 1. The monoisotopic (exact) mass is 1180 g/mol. The predicted octanol–water partition coefficient (Wildman–Crippen LogP) is 13.6. The molecule has 15 rings (SSSR count). The third-order valence-electron chi connectivity index (χ3n) is 22.5. The van der Waals surface area contributed by atoms with Crippen LogP contribution < -0.4 is 26.6 Å². The van der Waals surface area contributed by atoms with Gasteiger partial charge in [-0.15, -0.1) is 0 Å². The molecule has 6 aliphatic carbocycles. The lowest BCUT2D eigenvalue weighted by Crippen LogP contribution is -2.52. The molecule has 11 atom stereocenters. The van der Waals surface area contributed by atoms with Crippen molar-refractivity contribution in [1.82, 2.24) is 26.6 Å². The molecule has 0 aromatic heterocycles. The molecular formula is C76H97N5O6. The van der Waals surface area contributed by atoms with Crippen LogP contribution in [0.5, 0.6) is 5.75 Å². The van der Waals surface area contributed by atoms with Gasteiger partial charge in [0.05, 0.1) is 23.3 Å². The second-order valence-electron chi connectivity index (χ2n) is 28.5. The number of carbonyl (C=O) groups excluding carboxylic acids is 2. The summed E-state index contributed by atoms with van der Waals surface area (Å²) in [5.74, 6) is 2.20. The minimum Gasteiger partial charge on any atom is -0.508 e. The fourth-order valence-corrected chi connectivity index (χ4v) is 18.4. The predicted molar refractivity (Wildman–Crippen MR) is 345 cm³/mol. The Bertz CT molecular complexity index is 3300. The Morgan fingerprint density at radius 2 is 1.66 bits per heavy atom. The number of nitrogens with one attached hydrogen (secondary N) is 5. The summed E-state index contributed by atoms with van der Waals surface area (Å²) in [5, 5.41) is 42.2. The van der Waals surface area contributed by atoms with E-state index in [0.717, 1.165) is 154 Å². The van der Waals surface area contributed by atoms with Gasteiger partial charge in [0, 0.05) is 48.8 Å². The standard InChI is InChI=1S/C76H97N5O6/c1-5-49(35-50-14-7-6-8-15-50)40-66-76-31-25-61-62-22-23-63-65(86-73(84)69(63)70(62)76)26-30-75(57-28-34-79-67(41-57)78-32-12-13-47(2)3)29-24-55(43-75)72(81-44-48(4)82)56-37-51(36-53(39-56)46-80-58-18-9-10-19-58)27-33-77-45-52-16-11-17-54(38-52)60-21-20-59(83)42-64(60)68(61)71(76)74(85)87-66/h6-8,11,14-17,20-21,26,36-40,42,47-49,55,57-58,61-62,67,70,72,77-83H,5,9-10,12-13,18-19,22-25,27-35,41,43-46H2,1-4H3/b65-26?,66-40-/t48-,49-,55-,57+,61+,62-,67-,70+,72-,75+,76+/m0/s1. The van der Waals surface area contributed by atoms with Crippen molar-refractivity contribution in [2.24, 2.45) is 52.3 Å². The molecule has 5 fully saturated rings. The van der Waals surface area contributed by atoms with E-state index in [1.54, 1.807) is 6.07 Å². The highest BCUT2D eigenvalue weighted by Crippen LogP contribution is 2.72. The SMILES string of the molecule is CC[C@H](/C=C1\OC(=O)C2=C3c4cc(O)ccc4-c4cccc(c4)CNCCc4cc(CNC5CCCC5)cc(c4)[C@@H](NC[C@H](C)O)[C@H]4CC[C@@]([C@@H]5CCN[C@H](NCCCC(C)C)C5)(CC=C5OC(=O)C6=C5CC[C@H]5[C@H]3CC[C@@]21[C@@H]65)C4)Cc1ccccc1. The zero-order valence-electron chi connectivity index (χ0n) is 52.4. The first-order valence-corrected chi connectivity index (χ1v) is 34.1. The van der Waals surface area contributed by atoms with Crippen LogP contribution in [-0.4, -0.2) is 66.6 Å². The normalized spacial score (nSPS) is 30.1. The molecule has 2 saturated heterocycles. The van der Waals surface area contributed by atoms with Crippen LogP contribution in [-0.2, 0) is 45.0 Å². The number of phenols is 1. The molecule has 4 aromatic rings. The van der Waals surface area contributed by atoms with E-state index < -0.39 is 11.5 Å². The Kier molecular flexibility index (Phi) is 18.0. The minimum atomic E-state index is -0.893. The van der Waals surface area contributed by atoms with Gasteiger partial charge in [0.1, 0.15) is 17.3 Å². The molecule has 3 saturated carbocycles. The number of esters is 2. The number of rotatable bonds is 16. The lowest BCUT2D eigenvalue weighted by molar-refractivity contribution is -0.135. The summed E-state index contributed by atoms with van der Waals surface area (Å²) in [6.45, 7) is 13.5. The quantitative estimate of drug-likeness (QED) is 0.0424. The summed E-state index contributed by atoms with van der Waals surface area (Å²) >= 11 is 0. The van der Waals surface area contributed by atoms with Crippen LogP contribution in [0.4, 0.5) is 0 Å². The van der Waals surface area contributed by atoms with Crippen molar-refractivity contribution < 1.29 is 29.3 Å². The van der Waals surface area contributed by atoms with Gasteiger partial charge in [0.25, 0.3) is 0 Å². The molecule has 11 heteroatoms. The van der Waals surface area contributed by atoms with Crippen molar-refractivity contribution in [3.8, 4) is 16.9 Å². The van der Waals surface area contributed by atoms with Crippen LogP contribution in [0.3, 0.4) is 0 Å². The van der Waals surface area contributed by atoms with Crippen LogP contribution in [0.25, 0.3) is 16.7 Å². The van der Waals surface area contributed by atoms with Crippen LogP contribution in [0.15, 0.2) is 131 Å². The third-order valence-corrected chi connectivity index (χ3v) is 22.5. The number of allylic oxidation sites excluding steroid dienone is 5. The van der Waals surface area contributed by atoms with Crippen LogP contribution in [0, 0.1) is 52.3 Å².